The van der Waals surface area contributed by atoms with Crippen LogP contribution < -0.4 is 14.8 Å². The number of carboxylic acids is 1. The highest BCUT2D eigenvalue weighted by atomic mass is 16.6. The van der Waals surface area contributed by atoms with Gasteiger partial charge in [-0.15, -0.1) is 0 Å². The van der Waals surface area contributed by atoms with Gasteiger partial charge in [-0.05, 0) is 31.2 Å². The lowest BCUT2D eigenvalue weighted by molar-refractivity contribution is -0.116. The highest BCUT2D eigenvalue weighted by Gasteiger charge is 2.20. The number of fused-ring (bicyclic) bond motifs is 1. The van der Waals surface area contributed by atoms with Crippen LogP contribution in [0, 0.1) is 0 Å². The van der Waals surface area contributed by atoms with E-state index in [2.05, 4.69) is 10.3 Å². The third-order valence-corrected chi connectivity index (χ3v) is 4.06. The van der Waals surface area contributed by atoms with E-state index in [1.165, 1.54) is 23.2 Å². The summed E-state index contributed by atoms with van der Waals surface area (Å²) < 4.78 is 10.9. The molecule has 0 atom stereocenters. The number of ether oxygens (including phenoxy) is 2. The SMILES string of the molecule is CCN(CC(=O)Nc1ccc2c(c1)OCCO2)C(=O)c1ccnc(C(=O)O)c1. The zero-order chi connectivity index (χ0) is 20.1. The molecule has 2 aromatic rings. The van der Waals surface area contributed by atoms with E-state index in [4.69, 9.17) is 14.6 Å². The molecule has 9 nitrogen and oxygen atoms in total. The van der Waals surface area contributed by atoms with E-state index >= 15 is 0 Å². The molecule has 0 fully saturated rings. The Labute approximate surface area is 160 Å². The molecule has 3 rings (SSSR count). The number of nitrogens with one attached hydrogen (secondary N) is 1. The molecule has 2 amide bonds. The van der Waals surface area contributed by atoms with Gasteiger partial charge in [-0.2, -0.15) is 0 Å². The molecule has 0 saturated heterocycles. The highest BCUT2D eigenvalue weighted by Crippen LogP contribution is 2.32. The summed E-state index contributed by atoms with van der Waals surface area (Å²) >= 11 is 0. The molecule has 2 heterocycles. The lowest BCUT2D eigenvalue weighted by Crippen LogP contribution is -2.38. The van der Waals surface area contributed by atoms with Crippen LogP contribution in [0.4, 0.5) is 5.69 Å². The number of carbonyl (C=O) groups excluding carboxylic acids is 2. The summed E-state index contributed by atoms with van der Waals surface area (Å²) in [7, 11) is 0. The molecule has 1 aromatic carbocycles. The standard InChI is InChI=1S/C19H19N3O6/c1-2-22(18(24)12-5-6-20-14(9-12)19(25)26)11-17(23)21-13-3-4-15-16(10-13)28-8-7-27-15/h3-6,9-10H,2,7-8,11H2,1H3,(H,21,23)(H,25,26). The van der Waals surface area contributed by atoms with Gasteiger partial charge in [0.25, 0.3) is 5.91 Å². The van der Waals surface area contributed by atoms with E-state index in [1.807, 2.05) is 0 Å². The monoisotopic (exact) mass is 385 g/mol. The predicted octanol–water partition coefficient (Wildman–Crippen LogP) is 1.65. The Hall–Kier alpha value is -3.62. The summed E-state index contributed by atoms with van der Waals surface area (Å²) in [6.45, 7) is 2.73. The number of hydrogen-bond donors (Lipinski definition) is 2. The summed E-state index contributed by atoms with van der Waals surface area (Å²) in [5, 5.41) is 11.7. The fourth-order valence-electron chi connectivity index (χ4n) is 2.69. The number of pyridine rings is 1. The van der Waals surface area contributed by atoms with E-state index in [0.717, 1.165) is 0 Å². The first kappa shape index (κ1) is 19.2. The molecule has 0 radical (unpaired) electrons. The van der Waals surface area contributed by atoms with Crippen molar-refractivity contribution in [2.45, 2.75) is 6.92 Å². The van der Waals surface area contributed by atoms with Gasteiger partial charge in [0.2, 0.25) is 5.91 Å². The van der Waals surface area contributed by atoms with Crippen molar-refractivity contribution in [2.24, 2.45) is 0 Å². The van der Waals surface area contributed by atoms with Gasteiger partial charge >= 0.3 is 5.97 Å². The first-order valence-corrected chi connectivity index (χ1v) is 8.66. The van der Waals surface area contributed by atoms with Crippen molar-refractivity contribution >= 4 is 23.5 Å². The van der Waals surface area contributed by atoms with Crippen LogP contribution in [0.2, 0.25) is 0 Å². The number of nitrogens with zero attached hydrogens (tertiary/aromatic N) is 2. The number of carbonyl (C=O) groups is 3. The topological polar surface area (TPSA) is 118 Å². The maximum atomic E-state index is 12.6. The third kappa shape index (κ3) is 4.37. The van der Waals surface area contributed by atoms with E-state index in [9.17, 15) is 14.4 Å². The molecule has 0 unspecified atom stereocenters. The number of anilines is 1. The van der Waals surface area contributed by atoms with E-state index in [0.29, 0.717) is 30.4 Å². The van der Waals surface area contributed by atoms with Gasteiger partial charge in [0.15, 0.2) is 11.5 Å². The fraction of sp³-hybridized carbons (Fsp3) is 0.263. The van der Waals surface area contributed by atoms with Crippen LogP contribution in [0.1, 0.15) is 27.8 Å². The van der Waals surface area contributed by atoms with Crippen molar-refractivity contribution in [1.82, 2.24) is 9.88 Å². The first-order valence-electron chi connectivity index (χ1n) is 8.66. The van der Waals surface area contributed by atoms with E-state index in [1.54, 1.807) is 25.1 Å². The molecule has 28 heavy (non-hydrogen) atoms. The van der Waals surface area contributed by atoms with Crippen molar-refractivity contribution in [3.8, 4) is 11.5 Å². The zero-order valence-corrected chi connectivity index (χ0v) is 15.2. The van der Waals surface area contributed by atoms with Gasteiger partial charge < -0.3 is 24.8 Å². The second-order valence-corrected chi connectivity index (χ2v) is 5.96. The van der Waals surface area contributed by atoms with Gasteiger partial charge in [-0.1, -0.05) is 0 Å². The molecule has 9 heteroatoms. The lowest BCUT2D eigenvalue weighted by Gasteiger charge is -2.21. The van der Waals surface area contributed by atoms with Crippen molar-refractivity contribution in [3.63, 3.8) is 0 Å². The number of aromatic carboxylic acids is 1. The van der Waals surface area contributed by atoms with Crippen LogP contribution in [0.25, 0.3) is 0 Å². The summed E-state index contributed by atoms with van der Waals surface area (Å²) in [6.07, 6.45) is 1.25. The Morgan fingerprint density at radius 3 is 2.61 bits per heavy atom. The van der Waals surface area contributed by atoms with Crippen LogP contribution in [0.15, 0.2) is 36.5 Å². The first-order chi connectivity index (χ1) is 13.5. The minimum atomic E-state index is -1.23. The maximum absolute atomic E-state index is 12.6. The molecular weight excluding hydrogens is 366 g/mol. The second-order valence-electron chi connectivity index (χ2n) is 5.96. The molecule has 1 aromatic heterocycles. The quantitative estimate of drug-likeness (QED) is 0.776. The van der Waals surface area contributed by atoms with Crippen LogP contribution in [-0.4, -0.2) is 59.1 Å². The predicted molar refractivity (Wildman–Crippen MR) is 98.8 cm³/mol. The van der Waals surface area contributed by atoms with Gasteiger partial charge in [-0.3, -0.25) is 9.59 Å². The van der Waals surface area contributed by atoms with Crippen molar-refractivity contribution in [1.29, 1.82) is 0 Å². The van der Waals surface area contributed by atoms with Gasteiger partial charge in [0.05, 0.1) is 0 Å². The molecule has 1 aliphatic heterocycles. The molecule has 0 bridgehead atoms. The largest absolute Gasteiger partial charge is 0.486 e. The van der Waals surface area contributed by atoms with Crippen LogP contribution in [-0.2, 0) is 4.79 Å². The zero-order valence-electron chi connectivity index (χ0n) is 15.2. The third-order valence-electron chi connectivity index (χ3n) is 4.06. The van der Waals surface area contributed by atoms with Crippen molar-refractivity contribution < 1.29 is 29.0 Å². The molecule has 2 N–H and O–H groups in total. The number of amides is 2. The number of benzene rings is 1. The van der Waals surface area contributed by atoms with E-state index in [-0.39, 0.29) is 30.3 Å². The second kappa shape index (κ2) is 8.38. The molecule has 0 aliphatic carbocycles. The summed E-state index contributed by atoms with van der Waals surface area (Å²) in [5.74, 6) is -0.912. The lowest BCUT2D eigenvalue weighted by atomic mass is 10.2. The van der Waals surface area contributed by atoms with Gasteiger partial charge in [0.1, 0.15) is 25.5 Å². The van der Waals surface area contributed by atoms with Gasteiger partial charge in [0, 0.05) is 30.1 Å². The van der Waals surface area contributed by atoms with Crippen LogP contribution in [0.5, 0.6) is 11.5 Å². The fourth-order valence-corrected chi connectivity index (χ4v) is 2.69. The van der Waals surface area contributed by atoms with E-state index < -0.39 is 11.9 Å². The molecule has 1 aliphatic rings. The minimum absolute atomic E-state index is 0.154. The number of likely N-dealkylation sites (N-methyl/N-ethyl adjacent to an activating group) is 1. The molecule has 146 valence electrons. The normalized spacial score (nSPS) is 12.2. The Bertz CT molecular complexity index is 914. The molecule has 0 saturated carbocycles. The number of rotatable bonds is 6. The average molecular weight is 385 g/mol. The van der Waals surface area contributed by atoms with Crippen LogP contribution in [0.3, 0.4) is 0 Å². The Kier molecular flexibility index (Phi) is 5.73. The Morgan fingerprint density at radius 2 is 1.89 bits per heavy atom. The van der Waals surface area contributed by atoms with Crippen molar-refractivity contribution in [2.75, 3.05) is 31.6 Å². The summed E-state index contributed by atoms with van der Waals surface area (Å²) in [4.78, 5) is 41.0. The smallest absolute Gasteiger partial charge is 0.354 e. The minimum Gasteiger partial charge on any atom is -0.486 e. The van der Waals surface area contributed by atoms with Crippen molar-refractivity contribution in [3.05, 3.63) is 47.8 Å². The Morgan fingerprint density at radius 1 is 1.14 bits per heavy atom. The Balaban J connectivity index is 1.67. The maximum Gasteiger partial charge on any atom is 0.354 e. The molecule has 0 spiro atoms. The average Bonchev–Trinajstić information content (AvgIpc) is 2.71. The number of aromatic nitrogens is 1. The van der Waals surface area contributed by atoms with Gasteiger partial charge in [-0.25, -0.2) is 9.78 Å². The summed E-state index contributed by atoms with van der Waals surface area (Å²) in [5.41, 5.74) is 0.443. The van der Waals surface area contributed by atoms with Crippen LogP contribution >= 0.6 is 0 Å². The number of hydrogen-bond acceptors (Lipinski definition) is 6. The number of carboxylic acid groups (broad SMARTS) is 1. The summed E-state index contributed by atoms with van der Waals surface area (Å²) in [6, 6.07) is 7.65. The highest BCUT2D eigenvalue weighted by molar-refractivity contribution is 6.00. The molecular formula is C19H19N3O6.